The van der Waals surface area contributed by atoms with Crippen LogP contribution in [0.2, 0.25) is 0 Å². The summed E-state index contributed by atoms with van der Waals surface area (Å²) < 4.78 is 6.47. The predicted octanol–water partition coefficient (Wildman–Crippen LogP) is 17.6. The van der Waals surface area contributed by atoms with E-state index >= 15 is 0 Å². The minimum atomic E-state index is -0.460. The Hall–Kier alpha value is -8.72. The number of fused-ring (bicyclic) bond motifs is 7. The second-order valence-electron chi connectivity index (χ2n) is 17.6. The maximum absolute atomic E-state index is 6.47. The molecule has 11 aromatic carbocycles. The van der Waals surface area contributed by atoms with E-state index in [1.807, 2.05) is 12.1 Å². The summed E-state index contributed by atoms with van der Waals surface area (Å²) in [6.45, 7) is 0. The predicted molar refractivity (Wildman–Crippen MR) is 280 cm³/mol. The van der Waals surface area contributed by atoms with Crippen LogP contribution in [0.3, 0.4) is 0 Å². The van der Waals surface area contributed by atoms with Gasteiger partial charge in [0.25, 0.3) is 0 Å². The average Bonchev–Trinajstić information content (AvgIpc) is 3.93. The van der Waals surface area contributed by atoms with Crippen LogP contribution >= 0.6 is 0 Å². The molecule has 0 saturated carbocycles. The fourth-order valence-electron chi connectivity index (χ4n) is 10.9. The molecule has 1 aliphatic carbocycles. The molecule has 0 N–H and O–H groups in total. The van der Waals surface area contributed by atoms with Crippen LogP contribution in [0.25, 0.3) is 77.2 Å². The highest BCUT2D eigenvalue weighted by Crippen LogP contribution is 2.57. The van der Waals surface area contributed by atoms with Gasteiger partial charge in [0.15, 0.2) is 0 Å². The summed E-state index contributed by atoms with van der Waals surface area (Å²) in [5, 5.41) is 4.73. The van der Waals surface area contributed by atoms with Crippen molar-refractivity contribution in [1.82, 2.24) is 0 Å². The summed E-state index contributed by atoms with van der Waals surface area (Å²) in [5.41, 5.74) is 19.2. The minimum absolute atomic E-state index is 0.460. The molecule has 0 unspecified atom stereocenters. The van der Waals surface area contributed by atoms with Crippen molar-refractivity contribution < 1.29 is 4.42 Å². The van der Waals surface area contributed by atoms with Gasteiger partial charge in [0.1, 0.15) is 11.2 Å². The van der Waals surface area contributed by atoms with Crippen molar-refractivity contribution in [2.75, 3.05) is 4.90 Å². The number of anilines is 3. The lowest BCUT2D eigenvalue weighted by atomic mass is 9.67. The van der Waals surface area contributed by atoms with Gasteiger partial charge in [-0.2, -0.15) is 0 Å². The Morgan fingerprint density at radius 1 is 0.299 bits per heavy atom. The van der Waals surface area contributed by atoms with Crippen LogP contribution in [0.5, 0.6) is 0 Å². The van der Waals surface area contributed by atoms with Crippen molar-refractivity contribution in [1.29, 1.82) is 0 Å². The first-order valence-electron chi connectivity index (χ1n) is 23.1. The zero-order valence-electron chi connectivity index (χ0n) is 36.7. The maximum Gasteiger partial charge on any atom is 0.143 e. The molecule has 1 aromatic heterocycles. The van der Waals surface area contributed by atoms with Crippen LogP contribution in [-0.2, 0) is 5.41 Å². The first kappa shape index (κ1) is 38.7. The molecule has 1 heterocycles. The number of benzene rings is 11. The molecular weight excluding hydrogens is 811 g/mol. The van der Waals surface area contributed by atoms with Gasteiger partial charge >= 0.3 is 0 Å². The third kappa shape index (κ3) is 6.26. The minimum Gasteiger partial charge on any atom is -0.455 e. The maximum atomic E-state index is 6.47. The molecule has 1 aliphatic rings. The van der Waals surface area contributed by atoms with Gasteiger partial charge in [-0.15, -0.1) is 0 Å². The van der Waals surface area contributed by atoms with Crippen LogP contribution in [0.1, 0.15) is 22.3 Å². The Bertz CT molecular complexity index is 3750. The molecule has 0 atom stereocenters. The second kappa shape index (κ2) is 15.8. The largest absolute Gasteiger partial charge is 0.455 e. The number of para-hydroxylation sites is 2. The number of rotatable bonds is 8. The number of furan rings is 1. The third-order valence-corrected chi connectivity index (χ3v) is 14.0. The molecule has 12 aromatic rings. The zero-order chi connectivity index (χ0) is 44.3. The summed E-state index contributed by atoms with van der Waals surface area (Å²) in [6.07, 6.45) is 0. The quantitative estimate of drug-likeness (QED) is 0.151. The summed E-state index contributed by atoms with van der Waals surface area (Å²) >= 11 is 0. The van der Waals surface area contributed by atoms with Crippen molar-refractivity contribution in [2.24, 2.45) is 0 Å². The van der Waals surface area contributed by atoms with Crippen LogP contribution in [0, 0.1) is 0 Å². The molecule has 0 radical (unpaired) electrons. The van der Waals surface area contributed by atoms with E-state index in [4.69, 9.17) is 4.42 Å². The highest BCUT2D eigenvalue weighted by atomic mass is 16.3. The molecule has 13 rings (SSSR count). The van der Waals surface area contributed by atoms with Gasteiger partial charge in [-0.25, -0.2) is 0 Å². The molecule has 314 valence electrons. The smallest absolute Gasteiger partial charge is 0.143 e. The fourth-order valence-corrected chi connectivity index (χ4v) is 10.9. The van der Waals surface area contributed by atoms with E-state index < -0.39 is 5.41 Å². The van der Waals surface area contributed by atoms with Gasteiger partial charge in [0.05, 0.1) is 5.41 Å². The highest BCUT2D eigenvalue weighted by molar-refractivity contribution is 6.09. The van der Waals surface area contributed by atoms with Gasteiger partial charge < -0.3 is 9.32 Å². The highest BCUT2D eigenvalue weighted by Gasteiger charge is 2.46. The summed E-state index contributed by atoms with van der Waals surface area (Å²) in [7, 11) is 0. The van der Waals surface area contributed by atoms with Crippen LogP contribution in [0.4, 0.5) is 17.1 Å². The Kier molecular flexibility index (Phi) is 9.11. The van der Waals surface area contributed by atoms with Gasteiger partial charge in [-0.3, -0.25) is 0 Å². The van der Waals surface area contributed by atoms with Gasteiger partial charge in [0.2, 0.25) is 0 Å². The summed E-state index contributed by atoms with van der Waals surface area (Å²) in [4.78, 5) is 2.37. The van der Waals surface area contributed by atoms with E-state index in [1.54, 1.807) is 0 Å². The topological polar surface area (TPSA) is 16.4 Å². The molecule has 2 heteroatoms. The fraction of sp³-hybridized carbons (Fsp3) is 0.0154. The van der Waals surface area contributed by atoms with E-state index in [2.05, 4.69) is 254 Å². The molecule has 0 spiro atoms. The van der Waals surface area contributed by atoms with Crippen LogP contribution in [0.15, 0.2) is 265 Å². The van der Waals surface area contributed by atoms with Crippen molar-refractivity contribution >= 4 is 49.8 Å². The number of hydrogen-bond acceptors (Lipinski definition) is 2. The van der Waals surface area contributed by atoms with Gasteiger partial charge in [0, 0.05) is 33.4 Å². The van der Waals surface area contributed by atoms with E-state index in [1.165, 1.54) is 60.8 Å². The van der Waals surface area contributed by atoms with Crippen LogP contribution in [-0.4, -0.2) is 0 Å². The molecule has 2 nitrogen and oxygen atoms in total. The molecule has 0 fully saturated rings. The molecular formula is C65H43NO. The monoisotopic (exact) mass is 853 g/mol. The summed E-state index contributed by atoms with van der Waals surface area (Å²) in [5.74, 6) is 0. The van der Waals surface area contributed by atoms with Gasteiger partial charge in [-0.1, -0.05) is 212 Å². The van der Waals surface area contributed by atoms with Crippen molar-refractivity contribution in [2.45, 2.75) is 5.41 Å². The standard InChI is InChI=1S/C65H43NO/c1-3-19-49(20-4-1)65(50-21-5-2-6-22-50)61-30-11-9-25-57(61)58-41-36-47(43-62(58)65)44-32-37-51(38-33-44)66(53-23-13-18-48(42-53)55-27-14-17-45-16-7-8-24-54(45)55)52-39-34-46(35-40-52)56-28-15-29-60-59-26-10-12-31-63(59)67-64(56)60/h1-43H. The Morgan fingerprint density at radius 2 is 0.851 bits per heavy atom. The number of hydrogen-bond donors (Lipinski definition) is 0. The Labute approximate surface area is 390 Å². The molecule has 0 bridgehead atoms. The Balaban J connectivity index is 0.932. The zero-order valence-corrected chi connectivity index (χ0v) is 36.7. The van der Waals surface area contributed by atoms with Crippen molar-refractivity contribution in [3.63, 3.8) is 0 Å². The average molecular weight is 854 g/mol. The first-order valence-corrected chi connectivity index (χ1v) is 23.1. The normalized spacial score (nSPS) is 12.6. The van der Waals surface area contributed by atoms with Crippen LogP contribution < -0.4 is 4.90 Å². The Morgan fingerprint density at radius 3 is 1.63 bits per heavy atom. The molecule has 0 saturated heterocycles. The van der Waals surface area contributed by atoms with E-state index in [0.717, 1.165) is 55.7 Å². The lowest BCUT2D eigenvalue weighted by Gasteiger charge is -2.34. The molecule has 0 aliphatic heterocycles. The molecule has 67 heavy (non-hydrogen) atoms. The SMILES string of the molecule is c1ccc(C2(c3ccccc3)c3ccccc3-c3ccc(-c4ccc(N(c5ccc(-c6cccc7c6oc6ccccc67)cc5)c5cccc(-c6cccc7ccccc67)c5)cc4)cc32)cc1. The van der Waals surface area contributed by atoms with E-state index in [0.29, 0.717) is 0 Å². The van der Waals surface area contributed by atoms with Gasteiger partial charge in [-0.05, 0) is 121 Å². The first-order chi connectivity index (χ1) is 33.2. The lowest BCUT2D eigenvalue weighted by molar-refractivity contribution is 0.670. The van der Waals surface area contributed by atoms with E-state index in [9.17, 15) is 0 Å². The van der Waals surface area contributed by atoms with Crippen molar-refractivity contribution in [3.05, 3.63) is 283 Å². The van der Waals surface area contributed by atoms with E-state index in [-0.39, 0.29) is 0 Å². The lowest BCUT2D eigenvalue weighted by Crippen LogP contribution is -2.28. The summed E-state index contributed by atoms with van der Waals surface area (Å²) in [6, 6.07) is 95.0. The third-order valence-electron chi connectivity index (χ3n) is 14.0. The number of nitrogens with zero attached hydrogens (tertiary/aromatic N) is 1. The molecule has 0 amide bonds. The van der Waals surface area contributed by atoms with Crippen molar-refractivity contribution in [3.8, 4) is 44.5 Å². The second-order valence-corrected chi connectivity index (χ2v) is 17.6.